The molecule has 0 N–H and O–H groups in total. The second-order valence-electron chi connectivity index (χ2n) is 9.18. The van der Waals surface area contributed by atoms with E-state index in [1.54, 1.807) is 4.90 Å². The monoisotopic (exact) mass is 564 g/mol. The maximum Gasteiger partial charge on any atom is 0.267 e. The molecule has 0 aromatic heterocycles. The van der Waals surface area contributed by atoms with Gasteiger partial charge in [0.05, 0.1) is 16.2 Å². The fourth-order valence-electron chi connectivity index (χ4n) is 4.56. The van der Waals surface area contributed by atoms with Crippen LogP contribution in [-0.2, 0) is 9.59 Å². The highest BCUT2D eigenvalue weighted by Crippen LogP contribution is 2.45. The maximum absolute atomic E-state index is 13.4. The third-order valence-corrected chi connectivity index (χ3v) is 8.47. The van der Waals surface area contributed by atoms with Crippen molar-refractivity contribution in [3.8, 4) is 0 Å². The van der Waals surface area contributed by atoms with Crippen LogP contribution < -0.4 is 4.90 Å². The second-order valence-corrected chi connectivity index (χ2v) is 11.7. The number of amides is 2. The highest BCUT2D eigenvalue weighted by molar-refractivity contribution is 9.10. The number of halogens is 1. The van der Waals surface area contributed by atoms with Crippen molar-refractivity contribution in [2.75, 3.05) is 18.0 Å². The minimum atomic E-state index is -0.113. The minimum absolute atomic E-state index is 0.0824. The Morgan fingerprint density at radius 3 is 2.03 bits per heavy atom. The number of thiocarbonyl (C=S) groups is 1. The molecule has 1 fully saturated rings. The maximum atomic E-state index is 13.4. The van der Waals surface area contributed by atoms with Crippen LogP contribution in [0.15, 0.2) is 27.6 Å². The average molecular weight is 566 g/mol. The lowest BCUT2D eigenvalue weighted by molar-refractivity contribution is -0.122. The molecule has 7 heteroatoms. The van der Waals surface area contributed by atoms with Crippen molar-refractivity contribution in [3.63, 3.8) is 0 Å². The molecule has 2 aliphatic rings. The van der Waals surface area contributed by atoms with Gasteiger partial charge in [0.25, 0.3) is 11.8 Å². The molecule has 0 bridgehead atoms. The number of hydrogen-bond donors (Lipinski definition) is 0. The van der Waals surface area contributed by atoms with Crippen LogP contribution in [0.2, 0.25) is 0 Å². The van der Waals surface area contributed by atoms with E-state index in [0.717, 1.165) is 41.4 Å². The summed E-state index contributed by atoms with van der Waals surface area (Å²) in [6.07, 6.45) is 14.5. The molecule has 0 aliphatic carbocycles. The summed E-state index contributed by atoms with van der Waals surface area (Å²) in [6, 6.07) is 5.86. The van der Waals surface area contributed by atoms with Crippen molar-refractivity contribution >= 4 is 67.3 Å². The summed E-state index contributed by atoms with van der Waals surface area (Å²) in [5.74, 6) is -0.196. The summed E-state index contributed by atoms with van der Waals surface area (Å²) in [4.78, 5) is 30.7. The van der Waals surface area contributed by atoms with E-state index < -0.39 is 0 Å². The number of carbonyl (C=O) groups is 2. The van der Waals surface area contributed by atoms with Gasteiger partial charge in [-0.25, -0.2) is 0 Å². The van der Waals surface area contributed by atoms with Crippen molar-refractivity contribution in [2.45, 2.75) is 90.9 Å². The molecule has 0 atom stereocenters. The molecular weight excluding hydrogens is 528 g/mol. The summed E-state index contributed by atoms with van der Waals surface area (Å²) < 4.78 is 1.47. The molecular formula is C27H37BrN2O2S2. The average Bonchev–Trinajstić information content (AvgIpc) is 3.24. The van der Waals surface area contributed by atoms with Gasteiger partial charge in [-0.1, -0.05) is 118 Å². The van der Waals surface area contributed by atoms with Gasteiger partial charge in [-0.15, -0.1) is 0 Å². The molecule has 2 heterocycles. The number of rotatable bonds is 14. The molecule has 186 valence electrons. The lowest BCUT2D eigenvalue weighted by Gasteiger charge is -2.16. The van der Waals surface area contributed by atoms with Gasteiger partial charge in [0.2, 0.25) is 0 Å². The van der Waals surface area contributed by atoms with Crippen LogP contribution in [0.3, 0.4) is 0 Å². The largest absolute Gasteiger partial charge is 0.308 e. The van der Waals surface area contributed by atoms with E-state index in [0.29, 0.717) is 27.9 Å². The van der Waals surface area contributed by atoms with Crippen LogP contribution in [0.25, 0.3) is 5.57 Å². The zero-order valence-electron chi connectivity index (χ0n) is 20.5. The number of anilines is 1. The van der Waals surface area contributed by atoms with Gasteiger partial charge in [-0.05, 0) is 31.0 Å². The van der Waals surface area contributed by atoms with E-state index in [1.807, 2.05) is 23.1 Å². The fraction of sp³-hybridized carbons (Fsp3) is 0.593. The Morgan fingerprint density at radius 1 is 0.794 bits per heavy atom. The van der Waals surface area contributed by atoms with Gasteiger partial charge in [0, 0.05) is 23.1 Å². The molecule has 1 saturated heterocycles. The van der Waals surface area contributed by atoms with Gasteiger partial charge in [-0.3, -0.25) is 14.5 Å². The number of carbonyl (C=O) groups excluding carboxylic acids is 2. The first-order valence-corrected chi connectivity index (χ1v) is 14.9. The predicted octanol–water partition coefficient (Wildman–Crippen LogP) is 8.09. The van der Waals surface area contributed by atoms with Gasteiger partial charge in [-0.2, -0.15) is 0 Å². The van der Waals surface area contributed by atoms with Crippen LogP contribution in [0.5, 0.6) is 0 Å². The molecule has 0 radical (unpaired) electrons. The topological polar surface area (TPSA) is 40.6 Å². The molecule has 34 heavy (non-hydrogen) atoms. The number of fused-ring (bicyclic) bond motifs is 1. The third kappa shape index (κ3) is 6.73. The molecule has 0 saturated carbocycles. The standard InChI is InChI=1S/C27H37BrN2O2S2/c1-3-5-7-8-9-10-11-12-13-14-18-30-26(32)24(34-27(30)33)23-21-19-20(28)15-16-22(21)29(25(23)31)17-6-4-2/h15-16,19H,3-14,17-18H2,1-2H3/b24-23-. The van der Waals surface area contributed by atoms with Gasteiger partial charge >= 0.3 is 0 Å². The van der Waals surface area contributed by atoms with Crippen LogP contribution in [0, 0.1) is 0 Å². The lowest BCUT2D eigenvalue weighted by atomic mass is 10.1. The zero-order valence-corrected chi connectivity index (χ0v) is 23.8. The smallest absolute Gasteiger partial charge is 0.267 e. The van der Waals surface area contributed by atoms with E-state index in [9.17, 15) is 9.59 Å². The van der Waals surface area contributed by atoms with E-state index in [-0.39, 0.29) is 11.8 Å². The molecule has 1 aromatic rings. The van der Waals surface area contributed by atoms with Gasteiger partial charge < -0.3 is 4.90 Å². The fourth-order valence-corrected chi connectivity index (χ4v) is 6.30. The SMILES string of the molecule is CCCCCCCCCCCCN1C(=O)/C(=C2/C(=O)N(CCCC)c3ccc(Br)cc32)SC1=S. The van der Waals surface area contributed by atoms with Crippen molar-refractivity contribution in [1.82, 2.24) is 4.90 Å². The van der Waals surface area contributed by atoms with Crippen molar-refractivity contribution < 1.29 is 9.59 Å². The first kappa shape index (κ1) is 27.4. The molecule has 0 spiro atoms. The first-order chi connectivity index (χ1) is 16.5. The number of thioether (sulfide) groups is 1. The van der Waals surface area contributed by atoms with Crippen molar-refractivity contribution in [2.24, 2.45) is 0 Å². The lowest BCUT2D eigenvalue weighted by Crippen LogP contribution is -2.30. The Balaban J connectivity index is 1.60. The van der Waals surface area contributed by atoms with E-state index in [2.05, 4.69) is 29.8 Å². The molecule has 0 unspecified atom stereocenters. The number of nitrogens with zero attached hydrogens (tertiary/aromatic N) is 2. The Bertz CT molecular complexity index is 931. The Morgan fingerprint density at radius 2 is 1.38 bits per heavy atom. The quantitative estimate of drug-likeness (QED) is 0.130. The van der Waals surface area contributed by atoms with Crippen LogP contribution in [0.1, 0.15) is 96.5 Å². The Hall–Kier alpha value is -1.18. The van der Waals surface area contributed by atoms with Crippen molar-refractivity contribution in [1.29, 1.82) is 0 Å². The second kappa shape index (κ2) is 13.8. The summed E-state index contributed by atoms with van der Waals surface area (Å²) in [7, 11) is 0. The van der Waals surface area contributed by atoms with E-state index >= 15 is 0 Å². The summed E-state index contributed by atoms with van der Waals surface area (Å²) >= 11 is 10.4. The van der Waals surface area contributed by atoms with E-state index in [1.165, 1.54) is 63.1 Å². The highest BCUT2D eigenvalue weighted by atomic mass is 79.9. The van der Waals surface area contributed by atoms with Crippen molar-refractivity contribution in [3.05, 3.63) is 33.1 Å². The number of benzene rings is 1. The summed E-state index contributed by atoms with van der Waals surface area (Å²) in [5, 5.41) is 0. The van der Waals surface area contributed by atoms with Gasteiger partial charge in [0.1, 0.15) is 4.32 Å². The summed E-state index contributed by atoms with van der Waals surface area (Å²) in [6.45, 7) is 5.66. The molecule has 2 amide bonds. The molecule has 4 nitrogen and oxygen atoms in total. The summed E-state index contributed by atoms with van der Waals surface area (Å²) in [5.41, 5.74) is 2.22. The number of hydrogen-bond acceptors (Lipinski definition) is 4. The third-order valence-electron chi connectivity index (χ3n) is 6.52. The first-order valence-electron chi connectivity index (χ1n) is 12.9. The normalized spacial score (nSPS) is 17.9. The zero-order chi connectivity index (χ0) is 24.5. The highest BCUT2D eigenvalue weighted by Gasteiger charge is 2.41. The minimum Gasteiger partial charge on any atom is -0.308 e. The predicted molar refractivity (Wildman–Crippen MR) is 152 cm³/mol. The van der Waals surface area contributed by atoms with Crippen LogP contribution in [0.4, 0.5) is 5.69 Å². The Labute approximate surface area is 223 Å². The Kier molecular flexibility index (Phi) is 11.1. The van der Waals surface area contributed by atoms with Crippen LogP contribution >= 0.6 is 39.9 Å². The number of unbranched alkanes of at least 4 members (excludes halogenated alkanes) is 10. The molecule has 3 rings (SSSR count). The molecule has 2 aliphatic heterocycles. The van der Waals surface area contributed by atoms with E-state index in [4.69, 9.17) is 12.2 Å². The molecule has 1 aromatic carbocycles. The van der Waals surface area contributed by atoms with Crippen LogP contribution in [-0.4, -0.2) is 34.1 Å². The van der Waals surface area contributed by atoms with Gasteiger partial charge in [0.15, 0.2) is 0 Å².